The van der Waals surface area contributed by atoms with Crippen LogP contribution in [0.25, 0.3) is 16.6 Å². The Kier molecular flexibility index (Phi) is 8.08. The van der Waals surface area contributed by atoms with Crippen LogP contribution >= 0.6 is 15.9 Å². The predicted octanol–water partition coefficient (Wildman–Crippen LogP) is 5.59. The molecule has 2 heterocycles. The number of halogens is 3. The zero-order chi connectivity index (χ0) is 30.8. The lowest BCUT2D eigenvalue weighted by molar-refractivity contribution is 0.0986. The Hall–Kier alpha value is -5.30. The number of nitrogens with zero attached hydrogens (tertiary/aromatic N) is 2. The molecular weight excluding hydrogens is 630 g/mol. The van der Waals surface area contributed by atoms with Crippen LogP contribution in [0.1, 0.15) is 20.8 Å². The van der Waals surface area contributed by atoms with Crippen LogP contribution in [0.3, 0.4) is 0 Å². The summed E-state index contributed by atoms with van der Waals surface area (Å²) in [6, 6.07) is 14.4. The molecule has 10 nitrogen and oxygen atoms in total. The van der Waals surface area contributed by atoms with Crippen LogP contribution in [0.4, 0.5) is 14.5 Å². The molecule has 5 aromatic rings. The first-order valence-electron chi connectivity index (χ1n) is 12.4. The molecule has 0 saturated carbocycles. The molecule has 0 aliphatic rings. The predicted molar refractivity (Wildman–Crippen MR) is 157 cm³/mol. The third-order valence-electron chi connectivity index (χ3n) is 6.33. The summed E-state index contributed by atoms with van der Waals surface area (Å²) in [4.78, 5) is 42.9. The van der Waals surface area contributed by atoms with Crippen molar-refractivity contribution in [1.82, 2.24) is 9.55 Å². The zero-order valence-corrected chi connectivity index (χ0v) is 24.1. The van der Waals surface area contributed by atoms with E-state index in [1.165, 1.54) is 44.7 Å². The van der Waals surface area contributed by atoms with Crippen molar-refractivity contribution in [2.45, 2.75) is 0 Å². The Balaban J connectivity index is 1.45. The number of methoxy groups -OCH3 is 2. The first kappa shape index (κ1) is 29.2. The minimum atomic E-state index is -0.961. The number of amides is 2. The highest BCUT2D eigenvalue weighted by atomic mass is 79.9. The molecule has 0 unspecified atom stereocenters. The van der Waals surface area contributed by atoms with Gasteiger partial charge in [0.05, 0.1) is 19.7 Å². The molecule has 2 amide bonds. The third-order valence-corrected chi connectivity index (χ3v) is 6.94. The summed E-state index contributed by atoms with van der Waals surface area (Å²) in [5.74, 6) is -2.19. The Labute approximate surface area is 250 Å². The summed E-state index contributed by atoms with van der Waals surface area (Å²) < 4.78 is 46.1. The van der Waals surface area contributed by atoms with E-state index < -0.39 is 34.6 Å². The van der Waals surface area contributed by atoms with Gasteiger partial charge in [0.25, 0.3) is 17.4 Å². The number of hydrogen-bond acceptors (Lipinski definition) is 7. The molecule has 0 radical (unpaired) electrons. The fourth-order valence-corrected chi connectivity index (χ4v) is 4.93. The number of benzene rings is 3. The summed E-state index contributed by atoms with van der Waals surface area (Å²) in [5, 5.41) is 3.01. The second kappa shape index (κ2) is 11.9. The van der Waals surface area contributed by atoms with E-state index in [0.717, 1.165) is 28.8 Å². The molecule has 5 rings (SSSR count). The molecule has 0 aliphatic heterocycles. The first-order chi connectivity index (χ1) is 20.6. The Morgan fingerprint density at radius 2 is 1.60 bits per heavy atom. The van der Waals surface area contributed by atoms with Gasteiger partial charge in [0.15, 0.2) is 23.1 Å². The Morgan fingerprint density at radius 1 is 0.907 bits per heavy atom. The van der Waals surface area contributed by atoms with Crippen LogP contribution in [0, 0.1) is 11.6 Å². The lowest BCUT2D eigenvalue weighted by atomic mass is 10.1. The molecule has 3 N–H and O–H groups in total. The second-order valence-electron chi connectivity index (χ2n) is 8.97. The van der Waals surface area contributed by atoms with Gasteiger partial charge >= 0.3 is 0 Å². The molecular formula is C30H21BrF2N4O6. The number of carbonyl (C=O) groups is 2. The minimum absolute atomic E-state index is 0.0173. The van der Waals surface area contributed by atoms with Crippen molar-refractivity contribution in [3.63, 3.8) is 0 Å². The van der Waals surface area contributed by atoms with Gasteiger partial charge in [-0.05, 0) is 70.5 Å². The molecule has 0 aliphatic carbocycles. The van der Waals surface area contributed by atoms with E-state index in [2.05, 4.69) is 26.2 Å². The van der Waals surface area contributed by atoms with Crippen LogP contribution in [0.5, 0.6) is 23.0 Å². The fraction of sp³-hybridized carbons (Fsp3) is 0.0667. The topological polar surface area (TPSA) is 135 Å². The SMILES string of the molecule is COc1cc2nccc(Oc3ccc(NC(=O)c4cc(Br)c(C(N)=O)n(-c5ccc(F)cc5)c4=O)cc3F)c2cc1OC. The van der Waals surface area contributed by atoms with Crippen LogP contribution < -0.4 is 30.8 Å². The molecule has 0 bridgehead atoms. The highest BCUT2D eigenvalue weighted by Gasteiger charge is 2.23. The number of fused-ring (bicyclic) bond motifs is 1. The summed E-state index contributed by atoms with van der Waals surface area (Å²) in [6.07, 6.45) is 1.50. The summed E-state index contributed by atoms with van der Waals surface area (Å²) in [6.45, 7) is 0. The van der Waals surface area contributed by atoms with Gasteiger partial charge in [-0.1, -0.05) is 0 Å². The van der Waals surface area contributed by atoms with Crippen molar-refractivity contribution < 1.29 is 32.6 Å². The van der Waals surface area contributed by atoms with Gasteiger partial charge in [0.1, 0.15) is 22.8 Å². The summed E-state index contributed by atoms with van der Waals surface area (Å²) in [5.41, 5.74) is 4.57. The number of pyridine rings is 2. The number of nitrogens with two attached hydrogens (primary N) is 1. The van der Waals surface area contributed by atoms with Crippen LogP contribution in [0.15, 0.2) is 82.2 Å². The smallest absolute Gasteiger partial charge is 0.268 e. The van der Waals surface area contributed by atoms with Crippen LogP contribution in [-0.4, -0.2) is 35.6 Å². The highest BCUT2D eigenvalue weighted by molar-refractivity contribution is 9.10. The van der Waals surface area contributed by atoms with E-state index in [1.807, 2.05) is 0 Å². The van der Waals surface area contributed by atoms with Crippen molar-refractivity contribution in [1.29, 1.82) is 0 Å². The van der Waals surface area contributed by atoms with Crippen LogP contribution in [-0.2, 0) is 0 Å². The van der Waals surface area contributed by atoms with E-state index in [-0.39, 0.29) is 27.3 Å². The molecule has 3 aromatic carbocycles. The maximum Gasteiger partial charge on any atom is 0.268 e. The van der Waals surface area contributed by atoms with Crippen LogP contribution in [0.2, 0.25) is 0 Å². The minimum Gasteiger partial charge on any atom is -0.493 e. The zero-order valence-electron chi connectivity index (χ0n) is 22.5. The third kappa shape index (κ3) is 5.75. The number of hydrogen-bond donors (Lipinski definition) is 2. The molecule has 218 valence electrons. The number of rotatable bonds is 8. The van der Waals surface area contributed by atoms with Crippen molar-refractivity contribution in [3.05, 3.63) is 111 Å². The standard InChI is InChI=1S/C30H21BrF2N4O6/c1-41-25-13-18-22(14-26(25)42-2)35-10-9-23(18)43-24-8-5-16(11-21(24)33)36-29(39)19-12-20(31)27(28(34)38)37(30(19)40)17-6-3-15(32)4-7-17/h3-14H,1-2H3,(H2,34,38)(H,36,39). The van der Waals surface area contributed by atoms with Gasteiger partial charge in [-0.15, -0.1) is 0 Å². The number of aromatic nitrogens is 2. The number of anilines is 1. The van der Waals surface area contributed by atoms with E-state index in [4.69, 9.17) is 19.9 Å². The van der Waals surface area contributed by atoms with Gasteiger partial charge in [0.2, 0.25) is 0 Å². The van der Waals surface area contributed by atoms with Crippen molar-refractivity contribution in [3.8, 4) is 28.7 Å². The van der Waals surface area contributed by atoms with Gasteiger partial charge in [-0.3, -0.25) is 23.9 Å². The normalized spacial score (nSPS) is 10.8. The summed E-state index contributed by atoms with van der Waals surface area (Å²) in [7, 11) is 2.98. The van der Waals surface area contributed by atoms with Crippen molar-refractivity contribution in [2.75, 3.05) is 19.5 Å². The first-order valence-corrected chi connectivity index (χ1v) is 13.2. The average Bonchev–Trinajstić information content (AvgIpc) is 2.99. The highest BCUT2D eigenvalue weighted by Crippen LogP contribution is 2.37. The monoisotopic (exact) mass is 650 g/mol. The number of primary amides is 1. The number of carbonyl (C=O) groups excluding carboxylic acids is 2. The van der Waals surface area contributed by atoms with E-state index >= 15 is 4.39 Å². The lowest BCUT2D eigenvalue weighted by Gasteiger charge is -2.15. The maximum atomic E-state index is 15.2. The second-order valence-corrected chi connectivity index (χ2v) is 9.82. The molecule has 0 fully saturated rings. The van der Waals surface area contributed by atoms with Gasteiger partial charge in [-0.25, -0.2) is 8.78 Å². The van der Waals surface area contributed by atoms with Gasteiger partial charge < -0.3 is 25.3 Å². The van der Waals surface area contributed by atoms with Gasteiger partial charge in [-0.2, -0.15) is 0 Å². The van der Waals surface area contributed by atoms with E-state index in [9.17, 15) is 18.8 Å². The largest absolute Gasteiger partial charge is 0.493 e. The molecule has 0 spiro atoms. The molecule has 13 heteroatoms. The van der Waals surface area contributed by atoms with Crippen molar-refractivity contribution >= 4 is 44.3 Å². The fourth-order valence-electron chi connectivity index (χ4n) is 4.33. The summed E-state index contributed by atoms with van der Waals surface area (Å²) >= 11 is 3.17. The molecule has 2 aromatic heterocycles. The average molecular weight is 651 g/mol. The molecule has 0 atom stereocenters. The quantitative estimate of drug-likeness (QED) is 0.224. The number of ether oxygens (including phenoxy) is 3. The lowest BCUT2D eigenvalue weighted by Crippen LogP contribution is -2.33. The molecule has 43 heavy (non-hydrogen) atoms. The van der Waals surface area contributed by atoms with Gasteiger partial charge in [0, 0.05) is 39.6 Å². The van der Waals surface area contributed by atoms with Crippen molar-refractivity contribution in [2.24, 2.45) is 5.73 Å². The number of nitrogens with one attached hydrogen (secondary N) is 1. The molecule has 0 saturated heterocycles. The Bertz CT molecular complexity index is 1960. The Morgan fingerprint density at radius 3 is 2.26 bits per heavy atom. The van der Waals surface area contributed by atoms with E-state index in [1.54, 1.807) is 18.2 Å². The maximum absolute atomic E-state index is 15.2. The van der Waals surface area contributed by atoms with E-state index in [0.29, 0.717) is 28.2 Å².